The standard InChI is InChI=1S/C11H10N4O3/c1-6-5-13-15-9(6)14-10(16)8-7(11(17)18)3-2-4-12-8/h2-5H,1H3,(H,17,18)(H2,13,14,15,16). The minimum atomic E-state index is -1.20. The summed E-state index contributed by atoms with van der Waals surface area (Å²) in [5, 5.41) is 17.8. The van der Waals surface area contributed by atoms with Crippen molar-refractivity contribution >= 4 is 17.7 Å². The van der Waals surface area contributed by atoms with Crippen LogP contribution in [-0.4, -0.2) is 32.2 Å². The average Bonchev–Trinajstić information content (AvgIpc) is 2.75. The Morgan fingerprint density at radius 3 is 2.83 bits per heavy atom. The van der Waals surface area contributed by atoms with Crippen molar-refractivity contribution in [3.05, 3.63) is 41.3 Å². The first-order chi connectivity index (χ1) is 8.59. The molecule has 2 aromatic heterocycles. The molecule has 1 amide bonds. The van der Waals surface area contributed by atoms with Crippen molar-refractivity contribution in [2.45, 2.75) is 6.92 Å². The summed E-state index contributed by atoms with van der Waals surface area (Å²) >= 11 is 0. The molecule has 0 aromatic carbocycles. The lowest BCUT2D eigenvalue weighted by Crippen LogP contribution is -2.18. The number of carboxylic acids is 1. The quantitative estimate of drug-likeness (QED) is 0.750. The number of carbonyl (C=O) groups is 2. The molecule has 0 radical (unpaired) electrons. The third-order valence-electron chi connectivity index (χ3n) is 2.32. The van der Waals surface area contributed by atoms with Gasteiger partial charge in [0.1, 0.15) is 11.5 Å². The van der Waals surface area contributed by atoms with Crippen molar-refractivity contribution in [3.8, 4) is 0 Å². The number of hydrogen-bond donors (Lipinski definition) is 3. The number of H-pyrrole nitrogens is 1. The number of hydrogen-bond acceptors (Lipinski definition) is 4. The van der Waals surface area contributed by atoms with Crippen LogP contribution in [0.4, 0.5) is 5.82 Å². The molecule has 0 aliphatic rings. The van der Waals surface area contributed by atoms with E-state index in [4.69, 9.17) is 5.11 Å². The first kappa shape index (κ1) is 11.8. The smallest absolute Gasteiger partial charge is 0.338 e. The summed E-state index contributed by atoms with van der Waals surface area (Å²) in [6, 6.07) is 2.78. The summed E-state index contributed by atoms with van der Waals surface area (Å²) in [5.41, 5.74) is 0.460. The van der Waals surface area contributed by atoms with Gasteiger partial charge in [0, 0.05) is 11.8 Å². The number of nitrogens with one attached hydrogen (secondary N) is 2. The van der Waals surface area contributed by atoms with E-state index in [1.807, 2.05) is 0 Å². The monoisotopic (exact) mass is 246 g/mol. The second-order valence-corrected chi connectivity index (χ2v) is 3.59. The Balaban J connectivity index is 2.30. The number of anilines is 1. The van der Waals surface area contributed by atoms with Gasteiger partial charge in [-0.1, -0.05) is 0 Å². The first-order valence-electron chi connectivity index (χ1n) is 5.09. The van der Waals surface area contributed by atoms with Crippen molar-refractivity contribution in [2.75, 3.05) is 5.32 Å². The van der Waals surface area contributed by atoms with Crippen LogP contribution in [0.1, 0.15) is 26.4 Å². The van der Waals surface area contributed by atoms with Crippen LogP contribution < -0.4 is 5.32 Å². The number of carboxylic acid groups (broad SMARTS) is 1. The zero-order valence-corrected chi connectivity index (χ0v) is 9.47. The predicted octanol–water partition coefficient (Wildman–Crippen LogP) is 1.06. The lowest BCUT2D eigenvalue weighted by Gasteiger charge is -2.05. The molecule has 2 aromatic rings. The zero-order chi connectivity index (χ0) is 13.1. The Morgan fingerprint density at radius 1 is 1.44 bits per heavy atom. The van der Waals surface area contributed by atoms with Gasteiger partial charge >= 0.3 is 5.97 Å². The zero-order valence-electron chi connectivity index (χ0n) is 9.47. The van der Waals surface area contributed by atoms with E-state index in [0.717, 1.165) is 5.56 Å². The van der Waals surface area contributed by atoms with Gasteiger partial charge in [-0.15, -0.1) is 0 Å². The van der Waals surface area contributed by atoms with Crippen LogP contribution in [0.5, 0.6) is 0 Å². The molecule has 18 heavy (non-hydrogen) atoms. The SMILES string of the molecule is Cc1cn[nH]c1NC(=O)c1ncccc1C(=O)O. The van der Waals surface area contributed by atoms with Crippen LogP contribution in [0.2, 0.25) is 0 Å². The van der Waals surface area contributed by atoms with Gasteiger partial charge in [0.25, 0.3) is 5.91 Å². The molecule has 0 atom stereocenters. The van der Waals surface area contributed by atoms with E-state index in [1.165, 1.54) is 18.3 Å². The summed E-state index contributed by atoms with van der Waals surface area (Å²) in [5.74, 6) is -1.38. The van der Waals surface area contributed by atoms with Crippen LogP contribution in [0.25, 0.3) is 0 Å². The molecule has 0 unspecified atom stereocenters. The van der Waals surface area contributed by atoms with Crippen LogP contribution in [0, 0.1) is 6.92 Å². The van der Waals surface area contributed by atoms with Crippen LogP contribution in [0.15, 0.2) is 24.5 Å². The van der Waals surface area contributed by atoms with Crippen LogP contribution in [-0.2, 0) is 0 Å². The Hall–Kier alpha value is -2.70. The third kappa shape index (κ3) is 2.19. The van der Waals surface area contributed by atoms with Gasteiger partial charge in [-0.3, -0.25) is 14.9 Å². The number of aryl methyl sites for hydroxylation is 1. The van der Waals surface area contributed by atoms with Crippen molar-refractivity contribution in [1.29, 1.82) is 0 Å². The largest absolute Gasteiger partial charge is 0.478 e. The molecular weight excluding hydrogens is 236 g/mol. The number of amides is 1. The summed E-state index contributed by atoms with van der Waals surface area (Å²) in [6.07, 6.45) is 2.91. The first-order valence-corrected chi connectivity index (χ1v) is 5.09. The maximum absolute atomic E-state index is 11.9. The lowest BCUT2D eigenvalue weighted by molar-refractivity contribution is 0.0691. The molecule has 0 saturated carbocycles. The molecule has 0 bridgehead atoms. The van der Waals surface area contributed by atoms with E-state index < -0.39 is 11.9 Å². The van der Waals surface area contributed by atoms with Gasteiger partial charge in [0.15, 0.2) is 0 Å². The topological polar surface area (TPSA) is 108 Å². The molecule has 0 spiro atoms. The summed E-state index contributed by atoms with van der Waals surface area (Å²) in [6.45, 7) is 1.76. The molecule has 0 aliphatic heterocycles. The van der Waals surface area contributed by atoms with Crippen molar-refractivity contribution in [3.63, 3.8) is 0 Å². The highest BCUT2D eigenvalue weighted by molar-refractivity contribution is 6.09. The fraction of sp³-hybridized carbons (Fsp3) is 0.0909. The van der Waals surface area contributed by atoms with Crippen molar-refractivity contribution in [1.82, 2.24) is 15.2 Å². The van der Waals surface area contributed by atoms with Gasteiger partial charge in [0.05, 0.1) is 11.8 Å². The normalized spacial score (nSPS) is 10.1. The minimum Gasteiger partial charge on any atom is -0.478 e. The van der Waals surface area contributed by atoms with E-state index in [0.29, 0.717) is 5.82 Å². The highest BCUT2D eigenvalue weighted by Crippen LogP contribution is 2.12. The van der Waals surface area contributed by atoms with Gasteiger partial charge in [-0.05, 0) is 19.1 Å². The van der Waals surface area contributed by atoms with Gasteiger partial charge in [-0.2, -0.15) is 5.10 Å². The van der Waals surface area contributed by atoms with E-state index >= 15 is 0 Å². The number of aromatic nitrogens is 3. The Labute approximate surface area is 102 Å². The maximum Gasteiger partial charge on any atom is 0.338 e. The predicted molar refractivity (Wildman–Crippen MR) is 62.5 cm³/mol. The Kier molecular flexibility index (Phi) is 3.05. The van der Waals surface area contributed by atoms with E-state index in [1.54, 1.807) is 13.1 Å². The molecule has 2 heterocycles. The molecular formula is C11H10N4O3. The number of aromatic carboxylic acids is 1. The molecule has 0 aliphatic carbocycles. The molecule has 7 heteroatoms. The van der Waals surface area contributed by atoms with E-state index in [-0.39, 0.29) is 11.3 Å². The summed E-state index contributed by atoms with van der Waals surface area (Å²) in [4.78, 5) is 26.6. The van der Waals surface area contributed by atoms with E-state index in [2.05, 4.69) is 20.5 Å². The Morgan fingerprint density at radius 2 is 2.22 bits per heavy atom. The van der Waals surface area contributed by atoms with Gasteiger partial charge in [-0.25, -0.2) is 4.79 Å². The number of rotatable bonds is 3. The number of aromatic amines is 1. The van der Waals surface area contributed by atoms with Crippen LogP contribution in [0.3, 0.4) is 0 Å². The summed E-state index contributed by atoms with van der Waals surface area (Å²) < 4.78 is 0. The molecule has 2 rings (SSSR count). The fourth-order valence-corrected chi connectivity index (χ4v) is 1.40. The third-order valence-corrected chi connectivity index (χ3v) is 2.32. The second kappa shape index (κ2) is 4.66. The fourth-order valence-electron chi connectivity index (χ4n) is 1.40. The molecule has 92 valence electrons. The highest BCUT2D eigenvalue weighted by atomic mass is 16.4. The maximum atomic E-state index is 11.9. The molecule has 7 nitrogen and oxygen atoms in total. The van der Waals surface area contributed by atoms with Crippen LogP contribution >= 0.6 is 0 Å². The number of nitrogens with zero attached hydrogens (tertiary/aromatic N) is 2. The Bertz CT molecular complexity index is 606. The van der Waals surface area contributed by atoms with E-state index in [9.17, 15) is 9.59 Å². The molecule has 3 N–H and O–H groups in total. The molecule has 0 fully saturated rings. The number of pyridine rings is 1. The molecule has 0 saturated heterocycles. The van der Waals surface area contributed by atoms with Crippen molar-refractivity contribution in [2.24, 2.45) is 0 Å². The van der Waals surface area contributed by atoms with Gasteiger partial charge in [0.2, 0.25) is 0 Å². The average molecular weight is 246 g/mol. The lowest BCUT2D eigenvalue weighted by atomic mass is 10.2. The second-order valence-electron chi connectivity index (χ2n) is 3.59. The highest BCUT2D eigenvalue weighted by Gasteiger charge is 2.18. The van der Waals surface area contributed by atoms with Crippen molar-refractivity contribution < 1.29 is 14.7 Å². The number of carbonyl (C=O) groups excluding carboxylic acids is 1. The van der Waals surface area contributed by atoms with Gasteiger partial charge < -0.3 is 10.4 Å². The summed E-state index contributed by atoms with van der Waals surface area (Å²) in [7, 11) is 0. The minimum absolute atomic E-state index is 0.140.